The van der Waals surface area contributed by atoms with E-state index in [2.05, 4.69) is 26.6 Å². The van der Waals surface area contributed by atoms with Gasteiger partial charge in [0.2, 0.25) is 5.91 Å². The van der Waals surface area contributed by atoms with Gasteiger partial charge < -0.3 is 15.4 Å². The first-order chi connectivity index (χ1) is 11.0. The van der Waals surface area contributed by atoms with Gasteiger partial charge in [0, 0.05) is 23.1 Å². The lowest BCUT2D eigenvalue weighted by Gasteiger charge is -2.08. The maximum absolute atomic E-state index is 11.8. The highest BCUT2D eigenvalue weighted by atomic mass is 79.9. The second kappa shape index (κ2) is 8.55. The Morgan fingerprint density at radius 2 is 1.87 bits per heavy atom. The molecule has 2 amide bonds. The van der Waals surface area contributed by atoms with Gasteiger partial charge in [-0.3, -0.25) is 4.79 Å². The summed E-state index contributed by atoms with van der Waals surface area (Å²) in [7, 11) is 0. The molecule has 0 fully saturated rings. The second-order valence-electron chi connectivity index (χ2n) is 4.56. The highest BCUT2D eigenvalue weighted by molar-refractivity contribution is 9.10. The van der Waals surface area contributed by atoms with Gasteiger partial charge in [-0.25, -0.2) is 4.79 Å². The molecule has 2 N–H and O–H groups in total. The first-order valence-electron chi connectivity index (χ1n) is 6.80. The van der Waals surface area contributed by atoms with Gasteiger partial charge in [0.1, 0.15) is 5.75 Å². The molecule has 23 heavy (non-hydrogen) atoms. The summed E-state index contributed by atoms with van der Waals surface area (Å²) >= 11 is 9.16. The van der Waals surface area contributed by atoms with Crippen molar-refractivity contribution >= 4 is 45.2 Å². The number of hydrogen-bond donors (Lipinski definition) is 2. The molecule has 0 aromatic heterocycles. The van der Waals surface area contributed by atoms with Gasteiger partial charge in [-0.05, 0) is 46.3 Å². The average molecular weight is 398 g/mol. The van der Waals surface area contributed by atoms with Crippen LogP contribution < -0.4 is 15.4 Å². The van der Waals surface area contributed by atoms with Crippen molar-refractivity contribution in [3.63, 3.8) is 0 Å². The highest BCUT2D eigenvalue weighted by Crippen LogP contribution is 2.25. The summed E-state index contributed by atoms with van der Waals surface area (Å²) in [6.45, 7) is 0.173. The van der Waals surface area contributed by atoms with Gasteiger partial charge in [0.25, 0.3) is 0 Å². The lowest BCUT2D eigenvalue weighted by Crippen LogP contribution is -2.30. The van der Waals surface area contributed by atoms with E-state index in [0.29, 0.717) is 20.9 Å². The van der Waals surface area contributed by atoms with Gasteiger partial charge in [0.15, 0.2) is 0 Å². The van der Waals surface area contributed by atoms with E-state index in [9.17, 15) is 9.59 Å². The third-order valence-electron chi connectivity index (χ3n) is 2.78. The Hall–Kier alpha value is -2.05. The number of ether oxygens (including phenoxy) is 1. The average Bonchev–Trinajstić information content (AvgIpc) is 2.52. The quantitative estimate of drug-likeness (QED) is 0.794. The topological polar surface area (TPSA) is 67.4 Å². The number of amides is 2. The Kier molecular flexibility index (Phi) is 6.43. The number of rotatable bonds is 5. The molecule has 0 heterocycles. The number of halogens is 2. The summed E-state index contributed by atoms with van der Waals surface area (Å²) in [5, 5.41) is 5.79. The first-order valence-corrected chi connectivity index (χ1v) is 7.97. The Morgan fingerprint density at radius 1 is 1.13 bits per heavy atom. The summed E-state index contributed by atoms with van der Waals surface area (Å²) in [4.78, 5) is 23.3. The van der Waals surface area contributed by atoms with E-state index in [1.165, 1.54) is 0 Å². The van der Waals surface area contributed by atoms with E-state index >= 15 is 0 Å². The van der Waals surface area contributed by atoms with Crippen LogP contribution in [0.1, 0.15) is 6.42 Å². The number of carbonyl (C=O) groups excluding carboxylic acids is 2. The molecular formula is C16H14BrClN2O3. The molecule has 7 heteroatoms. The summed E-state index contributed by atoms with van der Waals surface area (Å²) < 4.78 is 5.74. The maximum Gasteiger partial charge on any atom is 0.412 e. The molecule has 0 aliphatic rings. The maximum atomic E-state index is 11.8. The number of para-hydroxylation sites is 1. The van der Waals surface area contributed by atoms with Crippen molar-refractivity contribution in [1.82, 2.24) is 5.32 Å². The van der Waals surface area contributed by atoms with Gasteiger partial charge in [-0.15, -0.1) is 0 Å². The second-order valence-corrected chi connectivity index (χ2v) is 5.82. The van der Waals surface area contributed by atoms with Crippen molar-refractivity contribution in [1.29, 1.82) is 0 Å². The highest BCUT2D eigenvalue weighted by Gasteiger charge is 2.07. The minimum absolute atomic E-state index is 0.129. The summed E-state index contributed by atoms with van der Waals surface area (Å²) in [6.07, 6.45) is -0.470. The molecule has 2 aromatic rings. The molecule has 0 saturated heterocycles. The van der Waals surface area contributed by atoms with Gasteiger partial charge >= 0.3 is 6.09 Å². The molecule has 120 valence electrons. The van der Waals surface area contributed by atoms with Crippen molar-refractivity contribution in [3.05, 3.63) is 58.0 Å². The predicted octanol–water partition coefficient (Wildman–Crippen LogP) is 4.22. The van der Waals surface area contributed by atoms with Gasteiger partial charge in [-0.2, -0.15) is 0 Å². The van der Waals surface area contributed by atoms with Gasteiger partial charge in [0.05, 0.1) is 5.02 Å². The normalized spacial score (nSPS) is 10.0. The largest absolute Gasteiger partial charge is 0.412 e. The first kappa shape index (κ1) is 17.3. The zero-order valence-electron chi connectivity index (χ0n) is 12.0. The van der Waals surface area contributed by atoms with E-state index in [1.807, 2.05) is 6.07 Å². The molecule has 0 unspecified atom stereocenters. The van der Waals surface area contributed by atoms with Crippen LogP contribution in [0.2, 0.25) is 5.02 Å². The lowest BCUT2D eigenvalue weighted by atomic mass is 10.3. The monoisotopic (exact) mass is 396 g/mol. The van der Waals surface area contributed by atoms with Crippen LogP contribution in [-0.4, -0.2) is 18.5 Å². The van der Waals surface area contributed by atoms with E-state index in [4.69, 9.17) is 16.3 Å². The van der Waals surface area contributed by atoms with Crippen LogP contribution >= 0.6 is 27.5 Å². The van der Waals surface area contributed by atoms with Crippen LogP contribution in [0.5, 0.6) is 5.75 Å². The van der Waals surface area contributed by atoms with Crippen LogP contribution in [0.4, 0.5) is 10.5 Å². The van der Waals surface area contributed by atoms with E-state index < -0.39 is 6.09 Å². The van der Waals surface area contributed by atoms with Crippen molar-refractivity contribution in [2.45, 2.75) is 6.42 Å². The Morgan fingerprint density at radius 3 is 2.57 bits per heavy atom. The van der Waals surface area contributed by atoms with E-state index in [0.717, 1.165) is 0 Å². The number of nitrogens with one attached hydrogen (secondary N) is 2. The molecule has 0 radical (unpaired) electrons. The smallest absolute Gasteiger partial charge is 0.410 e. The Balaban J connectivity index is 1.72. The Labute approximate surface area is 147 Å². The summed E-state index contributed by atoms with van der Waals surface area (Å²) in [6, 6.07) is 13.8. The van der Waals surface area contributed by atoms with Crippen molar-refractivity contribution in [2.75, 3.05) is 11.9 Å². The number of carbonyl (C=O) groups is 2. The minimum atomic E-state index is -0.599. The van der Waals surface area contributed by atoms with Crippen LogP contribution in [0.25, 0.3) is 0 Å². The fourth-order valence-corrected chi connectivity index (χ4v) is 2.20. The molecule has 2 aromatic carbocycles. The number of benzene rings is 2. The van der Waals surface area contributed by atoms with Crippen LogP contribution in [0.15, 0.2) is 53.0 Å². The fraction of sp³-hybridized carbons (Fsp3) is 0.125. The van der Waals surface area contributed by atoms with Crippen molar-refractivity contribution in [3.8, 4) is 5.75 Å². The van der Waals surface area contributed by atoms with Crippen LogP contribution in [-0.2, 0) is 4.79 Å². The third-order valence-corrected chi connectivity index (χ3v) is 3.99. The standard InChI is InChI=1S/C16H14BrClN2O3/c17-13-10-11(6-7-14(13)18)20-15(21)8-9-19-16(22)23-12-4-2-1-3-5-12/h1-7,10H,8-9H2,(H,19,22)(H,20,21). The molecular weight excluding hydrogens is 384 g/mol. The Bertz CT molecular complexity index is 695. The minimum Gasteiger partial charge on any atom is -0.410 e. The summed E-state index contributed by atoms with van der Waals surface area (Å²) in [5.41, 5.74) is 0.623. The number of anilines is 1. The molecule has 0 aliphatic heterocycles. The van der Waals surface area contributed by atoms with Crippen LogP contribution in [0, 0.1) is 0 Å². The zero-order valence-corrected chi connectivity index (χ0v) is 14.4. The van der Waals surface area contributed by atoms with Crippen molar-refractivity contribution < 1.29 is 14.3 Å². The van der Waals surface area contributed by atoms with E-state index in [1.54, 1.807) is 42.5 Å². The molecule has 2 rings (SSSR count). The third kappa shape index (κ3) is 5.92. The molecule has 0 spiro atoms. The fourth-order valence-electron chi connectivity index (χ4n) is 1.71. The predicted molar refractivity (Wildman–Crippen MR) is 92.9 cm³/mol. The molecule has 0 aliphatic carbocycles. The van der Waals surface area contributed by atoms with Crippen molar-refractivity contribution in [2.24, 2.45) is 0 Å². The summed E-state index contributed by atoms with van der Waals surface area (Å²) in [5.74, 6) is 0.222. The number of hydrogen-bond acceptors (Lipinski definition) is 3. The van der Waals surface area contributed by atoms with E-state index in [-0.39, 0.29) is 18.9 Å². The lowest BCUT2D eigenvalue weighted by molar-refractivity contribution is -0.116. The van der Waals surface area contributed by atoms with Crippen LogP contribution in [0.3, 0.4) is 0 Å². The molecule has 0 bridgehead atoms. The zero-order chi connectivity index (χ0) is 16.7. The van der Waals surface area contributed by atoms with Gasteiger partial charge in [-0.1, -0.05) is 29.8 Å². The SMILES string of the molecule is O=C(CCNC(=O)Oc1ccccc1)Nc1ccc(Cl)c(Br)c1. The molecule has 5 nitrogen and oxygen atoms in total. The molecule has 0 atom stereocenters. The molecule has 0 saturated carbocycles.